The molecule has 2 rings (SSSR count). The molecule has 0 N–H and O–H groups in total. The first kappa shape index (κ1) is 9.77. The lowest BCUT2D eigenvalue weighted by Crippen LogP contribution is -2.10. The molecule has 0 saturated heterocycles. The number of rotatable bonds is 4. The highest BCUT2D eigenvalue weighted by molar-refractivity contribution is 6.20. The molecule has 0 aliphatic heterocycles. The molecule has 0 atom stereocenters. The van der Waals surface area contributed by atoms with Crippen LogP contribution >= 0.6 is 0 Å². The van der Waals surface area contributed by atoms with Crippen molar-refractivity contribution < 1.29 is 9.31 Å². The van der Waals surface area contributed by atoms with Gasteiger partial charge < -0.3 is 18.4 Å². The Bertz CT molecular complexity index is 396. The summed E-state index contributed by atoms with van der Waals surface area (Å²) in [7, 11) is 5.19. The molecule has 0 amide bonds. The van der Waals surface area contributed by atoms with E-state index in [2.05, 4.69) is 0 Å². The predicted octanol–water partition coefficient (Wildman–Crippen LogP) is 1.36. The lowest BCUT2D eigenvalue weighted by molar-refractivity contribution is 0.458. The van der Waals surface area contributed by atoms with E-state index in [9.17, 15) is 0 Å². The molecule has 0 aromatic carbocycles. The molecule has 2 aromatic heterocycles. The van der Waals surface area contributed by atoms with E-state index in [1.807, 2.05) is 60.1 Å². The summed E-state index contributed by atoms with van der Waals surface area (Å²) in [6.07, 6.45) is 7.55. The average Bonchev–Trinajstić information content (AvgIpc) is 2.76. The predicted molar refractivity (Wildman–Crippen MR) is 57.8 cm³/mol. The van der Waals surface area contributed by atoms with Crippen molar-refractivity contribution in [2.24, 2.45) is 14.1 Å². The minimum atomic E-state index is 0.758. The van der Waals surface area contributed by atoms with Crippen LogP contribution in [0.3, 0.4) is 0 Å². The molecule has 0 aliphatic rings. The van der Waals surface area contributed by atoms with Crippen LogP contribution in [0.1, 0.15) is 0 Å². The van der Waals surface area contributed by atoms with E-state index in [0.29, 0.717) is 0 Å². The standard InChI is InChI=1S/C10H12BN2O2/c1-12-5-3-9(7-12)14-11-15-10-4-6-13(2)8-10/h3-8H,1-2H3. The zero-order chi connectivity index (χ0) is 10.7. The summed E-state index contributed by atoms with van der Waals surface area (Å²) in [6.45, 7) is 0. The first-order valence-corrected chi connectivity index (χ1v) is 4.63. The smallest absolute Gasteiger partial charge is 0.525 e. The van der Waals surface area contributed by atoms with Gasteiger partial charge in [0.15, 0.2) is 0 Å². The van der Waals surface area contributed by atoms with E-state index in [4.69, 9.17) is 9.31 Å². The Balaban J connectivity index is 1.80. The molecule has 0 unspecified atom stereocenters. The number of hydrogen-bond acceptors (Lipinski definition) is 2. The molecular formula is C10H12BN2O2. The van der Waals surface area contributed by atoms with Crippen LogP contribution in [0.4, 0.5) is 0 Å². The number of aromatic nitrogens is 2. The van der Waals surface area contributed by atoms with Crippen molar-refractivity contribution >= 4 is 7.69 Å². The number of hydrogen-bond donors (Lipinski definition) is 0. The van der Waals surface area contributed by atoms with Crippen LogP contribution in [0, 0.1) is 0 Å². The maximum absolute atomic E-state index is 5.26. The molecule has 0 bridgehead atoms. The first-order valence-electron chi connectivity index (χ1n) is 4.63. The van der Waals surface area contributed by atoms with Crippen molar-refractivity contribution in [3.8, 4) is 11.5 Å². The normalized spacial score (nSPS) is 10.0. The van der Waals surface area contributed by atoms with Gasteiger partial charge in [-0.25, -0.2) is 0 Å². The van der Waals surface area contributed by atoms with Crippen LogP contribution in [-0.2, 0) is 14.1 Å². The molecule has 4 nitrogen and oxygen atoms in total. The van der Waals surface area contributed by atoms with E-state index in [0.717, 1.165) is 11.5 Å². The average molecular weight is 203 g/mol. The topological polar surface area (TPSA) is 28.3 Å². The quantitative estimate of drug-likeness (QED) is 0.701. The van der Waals surface area contributed by atoms with Crippen LogP contribution in [-0.4, -0.2) is 16.8 Å². The van der Waals surface area contributed by atoms with Crippen molar-refractivity contribution in [2.45, 2.75) is 0 Å². The molecule has 5 heteroatoms. The van der Waals surface area contributed by atoms with Crippen LogP contribution in [0.2, 0.25) is 0 Å². The summed E-state index contributed by atoms with van der Waals surface area (Å²) >= 11 is 0. The molecule has 0 saturated carbocycles. The molecule has 2 heterocycles. The van der Waals surface area contributed by atoms with E-state index in [1.165, 1.54) is 7.69 Å². The Labute approximate surface area is 89.3 Å². The molecule has 77 valence electrons. The summed E-state index contributed by atoms with van der Waals surface area (Å²) in [5.74, 6) is 1.52. The summed E-state index contributed by atoms with van der Waals surface area (Å²) in [6, 6.07) is 3.73. The molecule has 2 aromatic rings. The van der Waals surface area contributed by atoms with Gasteiger partial charge in [-0.05, 0) is 12.1 Å². The van der Waals surface area contributed by atoms with Gasteiger partial charge in [0.05, 0.1) is 0 Å². The Morgan fingerprint density at radius 2 is 1.40 bits per heavy atom. The summed E-state index contributed by atoms with van der Waals surface area (Å²) in [4.78, 5) is 0. The van der Waals surface area contributed by atoms with E-state index in [-0.39, 0.29) is 0 Å². The summed E-state index contributed by atoms with van der Waals surface area (Å²) < 4.78 is 14.3. The highest BCUT2D eigenvalue weighted by Gasteiger charge is 2.02. The van der Waals surface area contributed by atoms with Gasteiger partial charge in [0, 0.05) is 38.9 Å². The highest BCUT2D eigenvalue weighted by Crippen LogP contribution is 2.11. The third-order valence-electron chi connectivity index (χ3n) is 1.98. The van der Waals surface area contributed by atoms with E-state index >= 15 is 0 Å². The van der Waals surface area contributed by atoms with Gasteiger partial charge in [-0.15, -0.1) is 0 Å². The molecule has 0 aliphatic carbocycles. The summed E-state index contributed by atoms with van der Waals surface area (Å²) in [5, 5.41) is 0. The van der Waals surface area contributed by atoms with Crippen LogP contribution in [0.15, 0.2) is 36.9 Å². The molecule has 0 spiro atoms. The molecule has 1 radical (unpaired) electrons. The lowest BCUT2D eigenvalue weighted by atomic mass is 10.3. The fourth-order valence-electron chi connectivity index (χ4n) is 1.23. The Kier molecular flexibility index (Phi) is 2.71. The van der Waals surface area contributed by atoms with Crippen molar-refractivity contribution in [3.63, 3.8) is 0 Å². The SMILES string of the molecule is Cn1ccc(O[B]Oc2ccn(C)c2)c1. The van der Waals surface area contributed by atoms with Crippen molar-refractivity contribution in [1.82, 2.24) is 9.13 Å². The van der Waals surface area contributed by atoms with Gasteiger partial charge in [0.25, 0.3) is 0 Å². The van der Waals surface area contributed by atoms with Gasteiger partial charge >= 0.3 is 7.69 Å². The Morgan fingerprint density at radius 1 is 0.933 bits per heavy atom. The van der Waals surface area contributed by atoms with Gasteiger partial charge in [0.2, 0.25) is 0 Å². The van der Waals surface area contributed by atoms with Gasteiger partial charge in [-0.1, -0.05) is 0 Å². The van der Waals surface area contributed by atoms with Crippen LogP contribution < -0.4 is 9.31 Å². The minimum absolute atomic E-state index is 0.758. The fraction of sp³-hybridized carbons (Fsp3) is 0.200. The zero-order valence-corrected chi connectivity index (χ0v) is 8.75. The minimum Gasteiger partial charge on any atom is -0.525 e. The second kappa shape index (κ2) is 4.17. The maximum atomic E-state index is 5.26. The van der Waals surface area contributed by atoms with Crippen molar-refractivity contribution in [1.29, 1.82) is 0 Å². The van der Waals surface area contributed by atoms with E-state index < -0.39 is 0 Å². The van der Waals surface area contributed by atoms with Gasteiger partial charge in [-0.2, -0.15) is 0 Å². The molecular weight excluding hydrogens is 191 g/mol. The third-order valence-corrected chi connectivity index (χ3v) is 1.98. The number of nitrogens with zero attached hydrogens (tertiary/aromatic N) is 2. The molecule has 0 fully saturated rings. The molecule has 15 heavy (non-hydrogen) atoms. The van der Waals surface area contributed by atoms with E-state index in [1.54, 1.807) is 0 Å². The summed E-state index contributed by atoms with van der Waals surface area (Å²) in [5.41, 5.74) is 0. The Hall–Kier alpha value is -1.78. The zero-order valence-electron chi connectivity index (χ0n) is 8.75. The van der Waals surface area contributed by atoms with Gasteiger partial charge in [-0.3, -0.25) is 0 Å². The van der Waals surface area contributed by atoms with Crippen LogP contribution in [0.5, 0.6) is 11.5 Å². The highest BCUT2D eigenvalue weighted by atomic mass is 16.6. The third kappa shape index (κ3) is 2.59. The lowest BCUT2D eigenvalue weighted by Gasteiger charge is -2.01. The monoisotopic (exact) mass is 203 g/mol. The van der Waals surface area contributed by atoms with Crippen LogP contribution in [0.25, 0.3) is 0 Å². The van der Waals surface area contributed by atoms with Crippen molar-refractivity contribution in [2.75, 3.05) is 0 Å². The van der Waals surface area contributed by atoms with Gasteiger partial charge in [0.1, 0.15) is 11.5 Å². The maximum Gasteiger partial charge on any atom is 0.658 e. The van der Waals surface area contributed by atoms with Crippen molar-refractivity contribution in [3.05, 3.63) is 36.9 Å². The largest absolute Gasteiger partial charge is 0.658 e. The second-order valence-electron chi connectivity index (χ2n) is 3.36. The second-order valence-corrected chi connectivity index (χ2v) is 3.36. The first-order chi connectivity index (χ1) is 7.24. The Morgan fingerprint density at radius 3 is 1.73 bits per heavy atom. The fourth-order valence-corrected chi connectivity index (χ4v) is 1.23. The number of aryl methyl sites for hydroxylation is 2.